The molecule has 1 amide bonds. The molecule has 0 radical (unpaired) electrons. The van der Waals surface area contributed by atoms with Crippen molar-refractivity contribution in [2.24, 2.45) is 0 Å². The van der Waals surface area contributed by atoms with Gasteiger partial charge in [0, 0.05) is 56.8 Å². The van der Waals surface area contributed by atoms with Gasteiger partial charge in [0.1, 0.15) is 17.2 Å². The molecule has 3 aromatic heterocycles. The van der Waals surface area contributed by atoms with Crippen LogP contribution in [0.3, 0.4) is 0 Å². The third-order valence-electron chi connectivity index (χ3n) is 7.68. The molecule has 3 aliphatic rings. The SMILES string of the molecule is Cc1c(N2CCCC2=O)c(=O)n(C2CCCC2)c2nc(Nc3ccc(N4CCNCC4)cn3)ncc12.Cl. The van der Waals surface area contributed by atoms with Crippen molar-refractivity contribution >= 4 is 52.5 Å². The number of aryl methyl sites for hydroxylation is 1. The van der Waals surface area contributed by atoms with E-state index < -0.39 is 0 Å². The molecule has 2 aliphatic heterocycles. The number of nitrogens with zero attached hydrogens (tertiary/aromatic N) is 6. The standard InChI is InChI=1S/C26H32N8O2.ClH/c1-17-20-16-29-26(30-21-9-8-19(15-28-21)32-13-10-27-11-14-32)31-24(20)34(18-5-2-3-6-18)25(36)23(17)33-12-4-7-22(33)35;/h8-9,15-16,18,27H,2-7,10-14H2,1H3,(H,28,29,30,31);1H. The molecule has 3 aromatic rings. The lowest BCUT2D eigenvalue weighted by Gasteiger charge is -2.29. The number of anilines is 4. The molecule has 1 saturated carbocycles. The van der Waals surface area contributed by atoms with E-state index in [4.69, 9.17) is 4.98 Å². The number of rotatable bonds is 5. The molecule has 0 unspecified atom stereocenters. The highest BCUT2D eigenvalue weighted by Crippen LogP contribution is 2.34. The minimum Gasteiger partial charge on any atom is -0.368 e. The van der Waals surface area contributed by atoms with Crippen LogP contribution >= 0.6 is 12.4 Å². The van der Waals surface area contributed by atoms with E-state index in [1.807, 2.05) is 23.8 Å². The largest absolute Gasteiger partial charge is 0.368 e. The second-order valence-corrected chi connectivity index (χ2v) is 9.93. The Morgan fingerprint density at radius 2 is 1.78 bits per heavy atom. The highest BCUT2D eigenvalue weighted by molar-refractivity contribution is 5.98. The number of carbonyl (C=O) groups is 1. The summed E-state index contributed by atoms with van der Waals surface area (Å²) in [5.41, 5.74) is 2.85. The van der Waals surface area contributed by atoms with Crippen molar-refractivity contribution in [2.75, 3.05) is 47.8 Å². The Kier molecular flexibility index (Phi) is 7.30. The molecule has 6 rings (SSSR count). The first-order valence-corrected chi connectivity index (χ1v) is 13.0. The highest BCUT2D eigenvalue weighted by Gasteiger charge is 2.31. The lowest BCUT2D eigenvalue weighted by Crippen LogP contribution is -2.43. The molecule has 0 aromatic carbocycles. The highest BCUT2D eigenvalue weighted by atomic mass is 35.5. The van der Waals surface area contributed by atoms with Gasteiger partial charge in [0.15, 0.2) is 0 Å². The van der Waals surface area contributed by atoms with Crippen LogP contribution in [0.4, 0.5) is 23.1 Å². The number of aromatic nitrogens is 4. The van der Waals surface area contributed by atoms with Gasteiger partial charge in [0.05, 0.1) is 11.9 Å². The molecule has 10 nitrogen and oxygen atoms in total. The van der Waals surface area contributed by atoms with Crippen LogP contribution in [0, 0.1) is 6.92 Å². The topological polar surface area (TPSA) is 108 Å². The van der Waals surface area contributed by atoms with Crippen molar-refractivity contribution in [3.8, 4) is 0 Å². The Bertz CT molecular complexity index is 1350. The molecule has 11 heteroatoms. The van der Waals surface area contributed by atoms with E-state index in [0.717, 1.165) is 74.9 Å². The Morgan fingerprint density at radius 1 is 1.00 bits per heavy atom. The summed E-state index contributed by atoms with van der Waals surface area (Å²) in [6.07, 6.45) is 8.95. The maximum absolute atomic E-state index is 13.8. The first-order chi connectivity index (χ1) is 17.6. The molecule has 3 fully saturated rings. The van der Waals surface area contributed by atoms with Crippen LogP contribution in [0.15, 0.2) is 29.3 Å². The maximum atomic E-state index is 13.8. The minimum atomic E-state index is -0.120. The second-order valence-electron chi connectivity index (χ2n) is 9.93. The molecule has 5 heterocycles. The van der Waals surface area contributed by atoms with E-state index >= 15 is 0 Å². The summed E-state index contributed by atoms with van der Waals surface area (Å²) < 4.78 is 1.82. The second kappa shape index (κ2) is 10.6. The summed E-state index contributed by atoms with van der Waals surface area (Å²) >= 11 is 0. The lowest BCUT2D eigenvalue weighted by atomic mass is 10.1. The van der Waals surface area contributed by atoms with Crippen LogP contribution < -0.4 is 26.0 Å². The summed E-state index contributed by atoms with van der Waals surface area (Å²) in [6.45, 7) is 6.36. The Balaban J connectivity index is 0.00000280. The molecule has 0 atom stereocenters. The van der Waals surface area contributed by atoms with E-state index in [1.165, 1.54) is 0 Å². The molecule has 0 spiro atoms. The van der Waals surface area contributed by atoms with Gasteiger partial charge in [-0.05, 0) is 43.9 Å². The molecule has 2 saturated heterocycles. The Labute approximate surface area is 221 Å². The van der Waals surface area contributed by atoms with Gasteiger partial charge in [-0.2, -0.15) is 4.98 Å². The summed E-state index contributed by atoms with van der Waals surface area (Å²) in [7, 11) is 0. The van der Waals surface area contributed by atoms with Crippen LogP contribution in [-0.2, 0) is 4.79 Å². The molecule has 196 valence electrons. The third kappa shape index (κ3) is 4.75. The number of carbonyl (C=O) groups excluding carboxylic acids is 1. The number of hydrogen-bond acceptors (Lipinski definition) is 8. The number of fused-ring (bicyclic) bond motifs is 1. The lowest BCUT2D eigenvalue weighted by molar-refractivity contribution is -0.117. The van der Waals surface area contributed by atoms with Gasteiger partial charge in [-0.3, -0.25) is 14.2 Å². The predicted molar refractivity (Wildman–Crippen MR) is 147 cm³/mol. The van der Waals surface area contributed by atoms with E-state index in [2.05, 4.69) is 31.6 Å². The zero-order valence-electron chi connectivity index (χ0n) is 21.1. The van der Waals surface area contributed by atoms with Gasteiger partial charge in [-0.25, -0.2) is 9.97 Å². The van der Waals surface area contributed by atoms with E-state index in [0.29, 0.717) is 36.1 Å². The molecule has 0 bridgehead atoms. The summed E-state index contributed by atoms with van der Waals surface area (Å²) in [5.74, 6) is 1.07. The van der Waals surface area contributed by atoms with Crippen LogP contribution in [0.25, 0.3) is 11.0 Å². The maximum Gasteiger partial charge on any atom is 0.276 e. The number of piperazine rings is 1. The molecular weight excluding hydrogens is 492 g/mol. The number of halogens is 1. The fourth-order valence-corrected chi connectivity index (χ4v) is 5.77. The van der Waals surface area contributed by atoms with Gasteiger partial charge in [0.25, 0.3) is 5.56 Å². The molecular formula is C26H33ClN8O2. The molecule has 2 N–H and O–H groups in total. The fourth-order valence-electron chi connectivity index (χ4n) is 5.77. The van der Waals surface area contributed by atoms with Gasteiger partial charge < -0.3 is 20.4 Å². The number of hydrogen-bond donors (Lipinski definition) is 2. The summed E-state index contributed by atoms with van der Waals surface area (Å²) in [5, 5.41) is 7.39. The number of pyridine rings is 2. The van der Waals surface area contributed by atoms with Crippen LogP contribution in [0.1, 0.15) is 50.1 Å². The van der Waals surface area contributed by atoms with Crippen LogP contribution in [0.5, 0.6) is 0 Å². The Morgan fingerprint density at radius 3 is 2.46 bits per heavy atom. The normalized spacial score (nSPS) is 18.5. The van der Waals surface area contributed by atoms with Gasteiger partial charge in [-0.15, -0.1) is 12.4 Å². The van der Waals surface area contributed by atoms with Gasteiger partial charge in [-0.1, -0.05) is 12.8 Å². The fraction of sp³-hybridized carbons (Fsp3) is 0.500. The van der Waals surface area contributed by atoms with Crippen molar-refractivity contribution in [1.82, 2.24) is 24.8 Å². The van der Waals surface area contributed by atoms with Gasteiger partial charge in [0.2, 0.25) is 11.9 Å². The zero-order chi connectivity index (χ0) is 24.6. The average molecular weight is 525 g/mol. The third-order valence-corrected chi connectivity index (χ3v) is 7.68. The van der Waals surface area contributed by atoms with Crippen molar-refractivity contribution in [2.45, 2.75) is 51.5 Å². The summed E-state index contributed by atoms with van der Waals surface area (Å²) in [4.78, 5) is 44.3. The first-order valence-electron chi connectivity index (χ1n) is 13.0. The van der Waals surface area contributed by atoms with Crippen molar-refractivity contribution in [3.63, 3.8) is 0 Å². The minimum absolute atomic E-state index is 0. The monoisotopic (exact) mass is 524 g/mol. The first kappa shape index (κ1) is 25.4. The predicted octanol–water partition coefficient (Wildman–Crippen LogP) is 3.31. The number of nitrogens with one attached hydrogen (secondary N) is 2. The molecule has 1 aliphatic carbocycles. The van der Waals surface area contributed by atoms with Crippen LogP contribution in [0.2, 0.25) is 0 Å². The van der Waals surface area contributed by atoms with Crippen LogP contribution in [-0.4, -0.2) is 58.1 Å². The van der Waals surface area contributed by atoms with Crippen molar-refractivity contribution in [1.29, 1.82) is 0 Å². The Hall–Kier alpha value is -3.24. The smallest absolute Gasteiger partial charge is 0.276 e. The molecule has 37 heavy (non-hydrogen) atoms. The van der Waals surface area contributed by atoms with E-state index in [1.54, 1.807) is 11.1 Å². The average Bonchev–Trinajstić information content (AvgIpc) is 3.58. The quantitative estimate of drug-likeness (QED) is 0.523. The number of amides is 1. The van der Waals surface area contributed by atoms with Crippen molar-refractivity contribution in [3.05, 3.63) is 40.4 Å². The van der Waals surface area contributed by atoms with E-state index in [-0.39, 0.29) is 29.9 Å². The zero-order valence-corrected chi connectivity index (χ0v) is 21.9. The van der Waals surface area contributed by atoms with Gasteiger partial charge >= 0.3 is 0 Å². The van der Waals surface area contributed by atoms with E-state index in [9.17, 15) is 9.59 Å². The van der Waals surface area contributed by atoms with Crippen molar-refractivity contribution < 1.29 is 4.79 Å². The summed E-state index contributed by atoms with van der Waals surface area (Å²) in [6, 6.07) is 4.07.